The molecule has 1 heterocycles. The van der Waals surface area contributed by atoms with Crippen LogP contribution in [0.25, 0.3) is 11.3 Å². The Kier molecular flexibility index (Phi) is 4.49. The van der Waals surface area contributed by atoms with Crippen molar-refractivity contribution < 1.29 is 9.21 Å². The van der Waals surface area contributed by atoms with Gasteiger partial charge < -0.3 is 15.1 Å². The number of furan rings is 1. The summed E-state index contributed by atoms with van der Waals surface area (Å²) in [6.07, 6.45) is 4.00. The largest absolute Gasteiger partial charge is 0.451 e. The monoisotopic (exact) mass is 372 g/mol. The molecule has 2 unspecified atom stereocenters. The van der Waals surface area contributed by atoms with Crippen molar-refractivity contribution in [1.29, 1.82) is 0 Å². The molecule has 2 fully saturated rings. The van der Waals surface area contributed by atoms with Crippen LogP contribution in [-0.4, -0.2) is 18.5 Å². The molecular weight excluding hydrogens is 348 g/mol. The van der Waals surface area contributed by atoms with Crippen LogP contribution in [0.4, 0.5) is 5.69 Å². The highest BCUT2D eigenvalue weighted by Crippen LogP contribution is 2.42. The van der Waals surface area contributed by atoms with Gasteiger partial charge in [0.1, 0.15) is 5.76 Å². The van der Waals surface area contributed by atoms with Gasteiger partial charge >= 0.3 is 0 Å². The maximum atomic E-state index is 12.5. The first-order valence-electron chi connectivity index (χ1n) is 10.1. The van der Waals surface area contributed by atoms with E-state index in [2.05, 4.69) is 22.8 Å². The Morgan fingerprint density at radius 1 is 0.964 bits per heavy atom. The first-order chi connectivity index (χ1) is 13.8. The molecule has 1 aromatic heterocycles. The van der Waals surface area contributed by atoms with E-state index in [4.69, 9.17) is 4.42 Å². The van der Waals surface area contributed by atoms with Gasteiger partial charge in [-0.1, -0.05) is 42.5 Å². The number of amides is 1. The third kappa shape index (κ3) is 3.87. The maximum Gasteiger partial charge on any atom is 0.291 e. The second-order valence-corrected chi connectivity index (χ2v) is 7.91. The molecule has 2 aromatic carbocycles. The van der Waals surface area contributed by atoms with Gasteiger partial charge in [0.15, 0.2) is 5.76 Å². The summed E-state index contributed by atoms with van der Waals surface area (Å²) >= 11 is 0. The molecule has 2 atom stereocenters. The molecule has 28 heavy (non-hydrogen) atoms. The Balaban J connectivity index is 1.18. The summed E-state index contributed by atoms with van der Waals surface area (Å²) < 4.78 is 5.72. The summed E-state index contributed by atoms with van der Waals surface area (Å²) in [4.78, 5) is 12.5. The molecule has 1 amide bonds. The lowest BCUT2D eigenvalue weighted by molar-refractivity contribution is 0.0997. The number of hydrogen-bond acceptors (Lipinski definition) is 3. The molecule has 4 nitrogen and oxygen atoms in total. The van der Waals surface area contributed by atoms with Gasteiger partial charge in [-0.05, 0) is 61.6 Å². The van der Waals surface area contributed by atoms with E-state index in [1.54, 1.807) is 6.07 Å². The first-order valence-corrected chi connectivity index (χ1v) is 10.1. The van der Waals surface area contributed by atoms with Crippen LogP contribution in [0, 0.1) is 5.92 Å². The quantitative estimate of drug-likeness (QED) is 0.610. The summed E-state index contributed by atoms with van der Waals surface area (Å²) in [6, 6.07) is 22.1. The summed E-state index contributed by atoms with van der Waals surface area (Å²) in [5, 5.41) is 6.59. The number of rotatable bonds is 7. The standard InChI is InChI=1S/C24H24N2O2/c27-24(23-13-12-22(28-23)18-4-2-1-3-5-18)26-19-10-8-17(9-11-19)20-14-21(20)25-15-16-6-7-16/h1-5,8-13,16,20-21,25H,6-7,14-15H2,(H,26,27). The molecule has 2 aliphatic rings. The predicted molar refractivity (Wildman–Crippen MR) is 110 cm³/mol. The van der Waals surface area contributed by atoms with Crippen LogP contribution in [0.5, 0.6) is 0 Å². The van der Waals surface area contributed by atoms with Gasteiger partial charge in [0.25, 0.3) is 5.91 Å². The Morgan fingerprint density at radius 2 is 1.75 bits per heavy atom. The van der Waals surface area contributed by atoms with Crippen LogP contribution in [-0.2, 0) is 0 Å². The predicted octanol–water partition coefficient (Wildman–Crippen LogP) is 5.05. The van der Waals surface area contributed by atoms with Crippen LogP contribution in [0.3, 0.4) is 0 Å². The Labute approximate surface area is 165 Å². The number of benzene rings is 2. The van der Waals surface area contributed by atoms with Crippen molar-refractivity contribution in [2.75, 3.05) is 11.9 Å². The first kappa shape index (κ1) is 17.3. The molecule has 142 valence electrons. The minimum Gasteiger partial charge on any atom is -0.451 e. The summed E-state index contributed by atoms with van der Waals surface area (Å²) in [6.45, 7) is 1.17. The molecule has 2 aliphatic carbocycles. The average molecular weight is 372 g/mol. The lowest BCUT2D eigenvalue weighted by Crippen LogP contribution is -2.20. The van der Waals surface area contributed by atoms with Crippen molar-refractivity contribution in [3.05, 3.63) is 78.1 Å². The third-order valence-electron chi connectivity index (χ3n) is 5.64. The van der Waals surface area contributed by atoms with Gasteiger partial charge in [0.2, 0.25) is 0 Å². The van der Waals surface area contributed by atoms with Crippen molar-refractivity contribution in [3.8, 4) is 11.3 Å². The van der Waals surface area contributed by atoms with E-state index < -0.39 is 0 Å². The van der Waals surface area contributed by atoms with Crippen LogP contribution in [0.15, 0.2) is 71.1 Å². The van der Waals surface area contributed by atoms with Crippen LogP contribution < -0.4 is 10.6 Å². The number of anilines is 1. The number of hydrogen-bond donors (Lipinski definition) is 2. The van der Waals surface area contributed by atoms with E-state index >= 15 is 0 Å². The molecule has 2 saturated carbocycles. The van der Waals surface area contributed by atoms with Gasteiger partial charge in [-0.2, -0.15) is 0 Å². The fraction of sp³-hybridized carbons (Fsp3) is 0.292. The lowest BCUT2D eigenvalue weighted by atomic mass is 10.1. The topological polar surface area (TPSA) is 54.3 Å². The average Bonchev–Trinajstić information content (AvgIpc) is 3.65. The minimum absolute atomic E-state index is 0.231. The van der Waals surface area contributed by atoms with E-state index in [1.807, 2.05) is 48.5 Å². The van der Waals surface area contributed by atoms with Gasteiger partial charge in [-0.15, -0.1) is 0 Å². The maximum absolute atomic E-state index is 12.5. The Bertz CT molecular complexity index is 958. The second-order valence-electron chi connectivity index (χ2n) is 7.91. The number of carbonyl (C=O) groups excluding carboxylic acids is 1. The fourth-order valence-corrected chi connectivity index (χ4v) is 3.65. The van der Waals surface area contributed by atoms with Crippen molar-refractivity contribution >= 4 is 11.6 Å². The van der Waals surface area contributed by atoms with E-state index in [0.717, 1.165) is 17.2 Å². The molecule has 0 bridgehead atoms. The molecule has 0 aliphatic heterocycles. The van der Waals surface area contributed by atoms with Crippen LogP contribution in [0.2, 0.25) is 0 Å². The van der Waals surface area contributed by atoms with E-state index in [-0.39, 0.29) is 5.91 Å². The van der Waals surface area contributed by atoms with Crippen molar-refractivity contribution in [1.82, 2.24) is 5.32 Å². The van der Waals surface area contributed by atoms with E-state index in [9.17, 15) is 4.79 Å². The van der Waals surface area contributed by atoms with Gasteiger partial charge in [0.05, 0.1) is 0 Å². The number of carbonyl (C=O) groups is 1. The van der Waals surface area contributed by atoms with Crippen LogP contribution >= 0.6 is 0 Å². The molecule has 0 spiro atoms. The molecule has 5 rings (SSSR count). The van der Waals surface area contributed by atoms with Crippen molar-refractivity contribution in [3.63, 3.8) is 0 Å². The molecule has 3 aromatic rings. The molecule has 0 saturated heterocycles. The Morgan fingerprint density at radius 3 is 2.50 bits per heavy atom. The highest BCUT2D eigenvalue weighted by Gasteiger charge is 2.38. The normalized spacial score (nSPS) is 20.7. The smallest absolute Gasteiger partial charge is 0.291 e. The lowest BCUT2D eigenvalue weighted by Gasteiger charge is -2.06. The summed E-state index contributed by atoms with van der Waals surface area (Å²) in [5.74, 6) is 2.31. The molecule has 0 radical (unpaired) electrons. The zero-order valence-corrected chi connectivity index (χ0v) is 15.7. The number of nitrogens with one attached hydrogen (secondary N) is 2. The summed E-state index contributed by atoms with van der Waals surface area (Å²) in [7, 11) is 0. The fourth-order valence-electron chi connectivity index (χ4n) is 3.65. The Hall–Kier alpha value is -2.85. The second kappa shape index (κ2) is 7.28. The van der Waals surface area contributed by atoms with Crippen molar-refractivity contribution in [2.24, 2.45) is 5.92 Å². The van der Waals surface area contributed by atoms with E-state index in [1.165, 1.54) is 31.4 Å². The molecule has 4 heteroatoms. The van der Waals surface area contributed by atoms with Crippen molar-refractivity contribution in [2.45, 2.75) is 31.2 Å². The zero-order valence-electron chi connectivity index (χ0n) is 15.7. The van der Waals surface area contributed by atoms with E-state index in [0.29, 0.717) is 23.5 Å². The molecule has 2 N–H and O–H groups in total. The highest BCUT2D eigenvalue weighted by atomic mass is 16.3. The minimum atomic E-state index is -0.231. The summed E-state index contributed by atoms with van der Waals surface area (Å²) in [5.41, 5.74) is 3.09. The zero-order chi connectivity index (χ0) is 18.9. The SMILES string of the molecule is O=C(Nc1ccc(C2CC2NCC2CC2)cc1)c1ccc(-c2ccccc2)o1. The highest BCUT2D eigenvalue weighted by molar-refractivity contribution is 6.02. The van der Waals surface area contributed by atoms with Gasteiger partial charge in [-0.3, -0.25) is 4.79 Å². The molecular formula is C24H24N2O2. The third-order valence-corrected chi connectivity index (χ3v) is 5.64. The van der Waals surface area contributed by atoms with Gasteiger partial charge in [0, 0.05) is 23.2 Å². The van der Waals surface area contributed by atoms with Gasteiger partial charge in [-0.25, -0.2) is 0 Å². The van der Waals surface area contributed by atoms with Crippen LogP contribution in [0.1, 0.15) is 41.3 Å².